The lowest BCUT2D eigenvalue weighted by atomic mass is 10.1. The maximum atomic E-state index is 11.6. The lowest BCUT2D eigenvalue weighted by molar-refractivity contribution is 0.562. The predicted octanol–water partition coefficient (Wildman–Crippen LogP) is 2.36. The molecule has 0 amide bonds. The molecule has 102 valence electrons. The zero-order valence-corrected chi connectivity index (χ0v) is 11.6. The Labute approximate surface area is 112 Å². The molecule has 0 spiro atoms. The van der Waals surface area contributed by atoms with E-state index >= 15 is 0 Å². The third-order valence-electron chi connectivity index (χ3n) is 2.86. The highest BCUT2D eigenvalue weighted by Crippen LogP contribution is 2.20. The zero-order valence-electron chi connectivity index (χ0n) is 10.8. The minimum absolute atomic E-state index is 0.0884. The van der Waals surface area contributed by atoms with Gasteiger partial charge in [0, 0.05) is 11.3 Å². The van der Waals surface area contributed by atoms with Gasteiger partial charge in [0.05, 0.1) is 23.5 Å². The molecule has 0 saturated carbocycles. The second-order valence-electron chi connectivity index (χ2n) is 4.15. The van der Waals surface area contributed by atoms with Crippen molar-refractivity contribution in [2.75, 3.05) is 12.4 Å². The highest BCUT2D eigenvalue weighted by Gasteiger charge is 2.11. The van der Waals surface area contributed by atoms with E-state index in [2.05, 4.69) is 10.0 Å². The first-order chi connectivity index (χ1) is 9.03. The molecular weight excluding hydrogens is 264 g/mol. The molecule has 0 saturated heterocycles. The van der Waals surface area contributed by atoms with Gasteiger partial charge in [-0.3, -0.25) is 0 Å². The fourth-order valence-electron chi connectivity index (χ4n) is 1.70. The maximum Gasteiger partial charge on any atom is 0.240 e. The number of benzene rings is 1. The average molecular weight is 280 g/mol. The van der Waals surface area contributed by atoms with Crippen molar-refractivity contribution in [3.8, 4) is 0 Å². The SMILES string of the molecule is CNS(=O)(=O)c1ccc(NC(C)c2ccoc2)cc1. The summed E-state index contributed by atoms with van der Waals surface area (Å²) in [5.41, 5.74) is 1.88. The van der Waals surface area contributed by atoms with Crippen molar-refractivity contribution in [1.82, 2.24) is 4.72 Å². The van der Waals surface area contributed by atoms with Crippen molar-refractivity contribution in [3.05, 3.63) is 48.4 Å². The van der Waals surface area contributed by atoms with Gasteiger partial charge in [0.1, 0.15) is 0 Å². The largest absolute Gasteiger partial charge is 0.472 e. The summed E-state index contributed by atoms with van der Waals surface area (Å²) in [6.07, 6.45) is 3.30. The molecule has 0 aliphatic rings. The topological polar surface area (TPSA) is 71.3 Å². The first-order valence-corrected chi connectivity index (χ1v) is 7.33. The molecule has 0 aliphatic heterocycles. The lowest BCUT2D eigenvalue weighted by Crippen LogP contribution is -2.18. The lowest BCUT2D eigenvalue weighted by Gasteiger charge is -2.13. The molecule has 0 aliphatic carbocycles. The third-order valence-corrected chi connectivity index (χ3v) is 4.29. The van der Waals surface area contributed by atoms with Crippen LogP contribution >= 0.6 is 0 Å². The Morgan fingerprint density at radius 3 is 2.37 bits per heavy atom. The summed E-state index contributed by atoms with van der Waals surface area (Å²) in [6, 6.07) is 8.58. The Morgan fingerprint density at radius 1 is 1.16 bits per heavy atom. The summed E-state index contributed by atoms with van der Waals surface area (Å²) < 4.78 is 30.5. The van der Waals surface area contributed by atoms with E-state index in [0.29, 0.717) is 0 Å². The summed E-state index contributed by atoms with van der Waals surface area (Å²) >= 11 is 0. The van der Waals surface area contributed by atoms with Gasteiger partial charge in [-0.2, -0.15) is 0 Å². The highest BCUT2D eigenvalue weighted by atomic mass is 32.2. The van der Waals surface area contributed by atoms with Gasteiger partial charge in [0.15, 0.2) is 0 Å². The fraction of sp³-hybridized carbons (Fsp3) is 0.231. The summed E-state index contributed by atoms with van der Waals surface area (Å²) in [5.74, 6) is 0. The summed E-state index contributed by atoms with van der Waals surface area (Å²) in [5, 5.41) is 3.27. The minimum atomic E-state index is -3.38. The van der Waals surface area contributed by atoms with E-state index < -0.39 is 10.0 Å². The molecule has 1 unspecified atom stereocenters. The van der Waals surface area contributed by atoms with Crippen LogP contribution < -0.4 is 10.0 Å². The van der Waals surface area contributed by atoms with Gasteiger partial charge in [0.25, 0.3) is 0 Å². The Morgan fingerprint density at radius 2 is 1.84 bits per heavy atom. The molecule has 5 nitrogen and oxygen atoms in total. The van der Waals surface area contributed by atoms with Crippen molar-refractivity contribution >= 4 is 15.7 Å². The summed E-state index contributed by atoms with van der Waals surface area (Å²) in [4.78, 5) is 0.247. The van der Waals surface area contributed by atoms with Crippen LogP contribution in [0.15, 0.2) is 52.2 Å². The first kappa shape index (κ1) is 13.6. The molecule has 1 heterocycles. The van der Waals surface area contributed by atoms with E-state index in [1.165, 1.54) is 7.05 Å². The second-order valence-corrected chi connectivity index (χ2v) is 6.04. The first-order valence-electron chi connectivity index (χ1n) is 5.85. The number of anilines is 1. The van der Waals surface area contributed by atoms with Crippen LogP contribution in [0, 0.1) is 0 Å². The molecule has 2 rings (SSSR count). The predicted molar refractivity (Wildman–Crippen MR) is 73.4 cm³/mol. The zero-order chi connectivity index (χ0) is 13.9. The monoisotopic (exact) mass is 280 g/mol. The Hall–Kier alpha value is -1.79. The van der Waals surface area contributed by atoms with Crippen LogP contribution in [-0.2, 0) is 10.0 Å². The number of sulfonamides is 1. The van der Waals surface area contributed by atoms with E-state index in [-0.39, 0.29) is 10.9 Å². The van der Waals surface area contributed by atoms with Crippen LogP contribution in [0.1, 0.15) is 18.5 Å². The van der Waals surface area contributed by atoms with E-state index in [1.807, 2.05) is 13.0 Å². The van der Waals surface area contributed by atoms with Crippen molar-refractivity contribution in [2.45, 2.75) is 17.9 Å². The van der Waals surface area contributed by atoms with Gasteiger partial charge < -0.3 is 9.73 Å². The van der Waals surface area contributed by atoms with Gasteiger partial charge in [-0.05, 0) is 44.3 Å². The number of hydrogen-bond donors (Lipinski definition) is 2. The van der Waals surface area contributed by atoms with Crippen LogP contribution in [0.4, 0.5) is 5.69 Å². The van der Waals surface area contributed by atoms with Gasteiger partial charge in [0.2, 0.25) is 10.0 Å². The number of rotatable bonds is 5. The normalized spacial score (nSPS) is 13.2. The third kappa shape index (κ3) is 3.15. The van der Waals surface area contributed by atoms with Crippen LogP contribution in [-0.4, -0.2) is 15.5 Å². The molecule has 0 radical (unpaired) electrons. The van der Waals surface area contributed by atoms with E-state index in [9.17, 15) is 8.42 Å². The van der Waals surface area contributed by atoms with Gasteiger partial charge in [-0.25, -0.2) is 13.1 Å². The number of nitrogens with one attached hydrogen (secondary N) is 2. The van der Waals surface area contributed by atoms with Gasteiger partial charge in [-0.15, -0.1) is 0 Å². The number of hydrogen-bond acceptors (Lipinski definition) is 4. The molecule has 2 N–H and O–H groups in total. The fourth-order valence-corrected chi connectivity index (χ4v) is 2.43. The summed E-state index contributed by atoms with van der Waals surface area (Å²) in [7, 11) is -1.99. The molecule has 1 aromatic carbocycles. The quantitative estimate of drug-likeness (QED) is 0.882. The van der Waals surface area contributed by atoms with Crippen molar-refractivity contribution in [1.29, 1.82) is 0 Å². The summed E-state index contributed by atoms with van der Waals surface area (Å²) in [6.45, 7) is 2.00. The highest BCUT2D eigenvalue weighted by molar-refractivity contribution is 7.89. The Balaban J connectivity index is 2.11. The van der Waals surface area contributed by atoms with Crippen molar-refractivity contribution < 1.29 is 12.8 Å². The second kappa shape index (κ2) is 5.46. The van der Waals surface area contributed by atoms with E-state index in [0.717, 1.165) is 11.3 Å². The minimum Gasteiger partial charge on any atom is -0.472 e. The van der Waals surface area contributed by atoms with Crippen LogP contribution in [0.3, 0.4) is 0 Å². The van der Waals surface area contributed by atoms with Crippen LogP contribution in [0.2, 0.25) is 0 Å². The molecule has 1 atom stereocenters. The smallest absolute Gasteiger partial charge is 0.240 e. The molecule has 6 heteroatoms. The molecule has 0 bridgehead atoms. The van der Waals surface area contributed by atoms with Crippen molar-refractivity contribution in [2.24, 2.45) is 0 Å². The number of furan rings is 1. The Bertz CT molecular complexity index is 618. The standard InChI is InChI=1S/C13H16N2O3S/c1-10(11-7-8-18-9-11)15-12-3-5-13(6-4-12)19(16,17)14-2/h3-10,14-15H,1-2H3. The van der Waals surface area contributed by atoms with Gasteiger partial charge in [-0.1, -0.05) is 0 Å². The van der Waals surface area contributed by atoms with Crippen LogP contribution in [0.25, 0.3) is 0 Å². The van der Waals surface area contributed by atoms with E-state index in [1.54, 1.807) is 36.8 Å². The molecular formula is C13H16N2O3S. The average Bonchev–Trinajstić information content (AvgIpc) is 2.93. The Kier molecular flexibility index (Phi) is 3.92. The molecule has 1 aromatic heterocycles. The molecule has 19 heavy (non-hydrogen) atoms. The molecule has 0 fully saturated rings. The maximum absolute atomic E-state index is 11.6. The van der Waals surface area contributed by atoms with Crippen LogP contribution in [0.5, 0.6) is 0 Å². The van der Waals surface area contributed by atoms with Crippen molar-refractivity contribution in [3.63, 3.8) is 0 Å². The van der Waals surface area contributed by atoms with Gasteiger partial charge >= 0.3 is 0 Å². The molecule has 2 aromatic rings. The van der Waals surface area contributed by atoms with E-state index in [4.69, 9.17) is 4.42 Å².